The third-order valence-electron chi connectivity index (χ3n) is 2.69. The largest absolute Gasteiger partial charge is 0.478 e. The first-order valence-electron chi connectivity index (χ1n) is 5.53. The zero-order chi connectivity index (χ0) is 13.0. The Morgan fingerprint density at radius 3 is 2.65 bits per heavy atom. The minimum Gasteiger partial charge on any atom is -0.478 e. The SMILES string of the molecule is CCC(C)CN(C)C(=O)c1cc(C(=O)O)co1. The maximum absolute atomic E-state index is 11.9. The number of carboxylic acids is 1. The van der Waals surface area contributed by atoms with Gasteiger partial charge in [0.25, 0.3) is 5.91 Å². The summed E-state index contributed by atoms with van der Waals surface area (Å²) in [5.74, 6) is -0.929. The molecule has 0 radical (unpaired) electrons. The normalized spacial score (nSPS) is 12.2. The molecule has 0 fully saturated rings. The monoisotopic (exact) mass is 239 g/mol. The molecule has 94 valence electrons. The van der Waals surface area contributed by atoms with E-state index in [-0.39, 0.29) is 17.2 Å². The van der Waals surface area contributed by atoms with Crippen LogP contribution in [0, 0.1) is 5.92 Å². The molecule has 1 N–H and O–H groups in total. The topological polar surface area (TPSA) is 70.8 Å². The predicted molar refractivity (Wildman–Crippen MR) is 62.1 cm³/mol. The van der Waals surface area contributed by atoms with Gasteiger partial charge in [-0.05, 0) is 5.92 Å². The molecule has 1 aromatic heterocycles. The molecule has 0 saturated carbocycles. The van der Waals surface area contributed by atoms with Gasteiger partial charge >= 0.3 is 5.97 Å². The van der Waals surface area contributed by atoms with Gasteiger partial charge in [-0.2, -0.15) is 0 Å². The molecule has 0 aliphatic carbocycles. The van der Waals surface area contributed by atoms with Crippen molar-refractivity contribution in [3.8, 4) is 0 Å². The highest BCUT2D eigenvalue weighted by Crippen LogP contribution is 2.12. The zero-order valence-electron chi connectivity index (χ0n) is 10.3. The molecule has 1 heterocycles. The summed E-state index contributed by atoms with van der Waals surface area (Å²) in [7, 11) is 1.68. The van der Waals surface area contributed by atoms with E-state index in [9.17, 15) is 9.59 Å². The van der Waals surface area contributed by atoms with Gasteiger partial charge in [0.05, 0.1) is 5.56 Å². The number of carbonyl (C=O) groups excluding carboxylic acids is 1. The molecular formula is C12H17NO4. The van der Waals surface area contributed by atoms with Crippen molar-refractivity contribution in [2.75, 3.05) is 13.6 Å². The Bertz CT molecular complexity index is 410. The average Bonchev–Trinajstić information content (AvgIpc) is 2.77. The standard InChI is InChI=1S/C12H17NO4/c1-4-8(2)6-13(3)11(14)10-5-9(7-17-10)12(15)16/h5,7-8H,4,6H2,1-3H3,(H,15,16). The van der Waals surface area contributed by atoms with Crippen LogP contribution in [-0.2, 0) is 0 Å². The lowest BCUT2D eigenvalue weighted by molar-refractivity contribution is 0.0694. The van der Waals surface area contributed by atoms with E-state index >= 15 is 0 Å². The van der Waals surface area contributed by atoms with Crippen LogP contribution >= 0.6 is 0 Å². The first-order chi connectivity index (χ1) is 7.95. The molecule has 1 rings (SSSR count). The maximum Gasteiger partial charge on any atom is 0.338 e. The van der Waals surface area contributed by atoms with Gasteiger partial charge in [0.1, 0.15) is 6.26 Å². The van der Waals surface area contributed by atoms with Gasteiger partial charge in [0, 0.05) is 19.7 Å². The fourth-order valence-corrected chi connectivity index (χ4v) is 1.43. The Labute approximate surface area is 100 Å². The molecule has 5 nitrogen and oxygen atoms in total. The zero-order valence-corrected chi connectivity index (χ0v) is 10.3. The third kappa shape index (κ3) is 3.34. The van der Waals surface area contributed by atoms with Crippen molar-refractivity contribution in [1.29, 1.82) is 0 Å². The fourth-order valence-electron chi connectivity index (χ4n) is 1.43. The molecule has 0 spiro atoms. The predicted octanol–water partition coefficient (Wildman–Crippen LogP) is 2.10. The van der Waals surface area contributed by atoms with Crippen molar-refractivity contribution in [3.05, 3.63) is 23.7 Å². The molecule has 5 heteroatoms. The molecule has 0 aliphatic heterocycles. The van der Waals surface area contributed by atoms with Crippen molar-refractivity contribution >= 4 is 11.9 Å². The number of carboxylic acid groups (broad SMARTS) is 1. The highest BCUT2D eigenvalue weighted by Gasteiger charge is 2.19. The van der Waals surface area contributed by atoms with Crippen LogP contribution in [0.5, 0.6) is 0 Å². The third-order valence-corrected chi connectivity index (χ3v) is 2.69. The van der Waals surface area contributed by atoms with E-state index in [4.69, 9.17) is 9.52 Å². The van der Waals surface area contributed by atoms with E-state index in [1.807, 2.05) is 0 Å². The number of amides is 1. The highest BCUT2D eigenvalue weighted by atomic mass is 16.4. The first-order valence-corrected chi connectivity index (χ1v) is 5.53. The fraction of sp³-hybridized carbons (Fsp3) is 0.500. The number of rotatable bonds is 5. The van der Waals surface area contributed by atoms with Gasteiger partial charge in [-0.15, -0.1) is 0 Å². The summed E-state index contributed by atoms with van der Waals surface area (Å²) in [6.45, 7) is 4.73. The summed E-state index contributed by atoms with van der Waals surface area (Å²) in [4.78, 5) is 24.1. The van der Waals surface area contributed by atoms with E-state index in [0.717, 1.165) is 12.7 Å². The number of aromatic carboxylic acids is 1. The Morgan fingerprint density at radius 2 is 2.18 bits per heavy atom. The van der Waals surface area contributed by atoms with E-state index in [0.29, 0.717) is 12.5 Å². The molecule has 0 saturated heterocycles. The Hall–Kier alpha value is -1.78. The number of hydrogen-bond donors (Lipinski definition) is 1. The second kappa shape index (κ2) is 5.52. The molecule has 0 aromatic carbocycles. The van der Waals surface area contributed by atoms with E-state index in [2.05, 4.69) is 13.8 Å². The van der Waals surface area contributed by atoms with Gasteiger partial charge in [0.15, 0.2) is 5.76 Å². The van der Waals surface area contributed by atoms with Crippen LogP contribution in [0.3, 0.4) is 0 Å². The number of nitrogens with zero attached hydrogens (tertiary/aromatic N) is 1. The number of carbonyl (C=O) groups is 2. The maximum atomic E-state index is 11.9. The molecule has 0 aliphatic rings. The summed E-state index contributed by atoms with van der Waals surface area (Å²) in [5, 5.41) is 8.72. The van der Waals surface area contributed by atoms with Crippen molar-refractivity contribution < 1.29 is 19.1 Å². The minimum absolute atomic E-state index is 0.00899. The van der Waals surface area contributed by atoms with Crippen LogP contribution in [0.1, 0.15) is 41.2 Å². The van der Waals surface area contributed by atoms with E-state index in [1.165, 1.54) is 6.07 Å². The molecule has 1 atom stereocenters. The summed E-state index contributed by atoms with van der Waals surface area (Å²) in [6, 6.07) is 1.25. The van der Waals surface area contributed by atoms with Crippen LogP contribution in [0.25, 0.3) is 0 Å². The minimum atomic E-state index is -1.10. The average molecular weight is 239 g/mol. The van der Waals surface area contributed by atoms with Crippen LogP contribution in [0.15, 0.2) is 16.7 Å². The van der Waals surface area contributed by atoms with Gasteiger partial charge in [-0.25, -0.2) is 4.79 Å². The van der Waals surface area contributed by atoms with E-state index < -0.39 is 5.97 Å². The number of furan rings is 1. The van der Waals surface area contributed by atoms with Crippen LogP contribution in [-0.4, -0.2) is 35.5 Å². The van der Waals surface area contributed by atoms with Crippen LogP contribution in [0.2, 0.25) is 0 Å². The van der Waals surface area contributed by atoms with Gasteiger partial charge in [0.2, 0.25) is 0 Å². The molecule has 0 bridgehead atoms. The quantitative estimate of drug-likeness (QED) is 0.854. The smallest absolute Gasteiger partial charge is 0.338 e. The number of hydrogen-bond acceptors (Lipinski definition) is 3. The highest BCUT2D eigenvalue weighted by molar-refractivity contribution is 5.95. The van der Waals surface area contributed by atoms with Crippen molar-refractivity contribution in [2.24, 2.45) is 5.92 Å². The Kier molecular flexibility index (Phi) is 4.31. The molecule has 1 amide bonds. The summed E-state index contributed by atoms with van der Waals surface area (Å²) < 4.78 is 4.95. The van der Waals surface area contributed by atoms with Crippen molar-refractivity contribution in [1.82, 2.24) is 4.90 Å². The van der Waals surface area contributed by atoms with Crippen LogP contribution in [0.4, 0.5) is 0 Å². The second-order valence-corrected chi connectivity index (χ2v) is 4.20. The molecule has 1 unspecified atom stereocenters. The second-order valence-electron chi connectivity index (χ2n) is 4.20. The summed E-state index contributed by atoms with van der Waals surface area (Å²) >= 11 is 0. The van der Waals surface area contributed by atoms with Gasteiger partial charge in [-0.3, -0.25) is 4.79 Å². The molecular weight excluding hydrogens is 222 g/mol. The van der Waals surface area contributed by atoms with Crippen molar-refractivity contribution in [2.45, 2.75) is 20.3 Å². The lowest BCUT2D eigenvalue weighted by atomic mass is 10.1. The van der Waals surface area contributed by atoms with Crippen molar-refractivity contribution in [3.63, 3.8) is 0 Å². The van der Waals surface area contributed by atoms with Gasteiger partial charge in [-0.1, -0.05) is 20.3 Å². The van der Waals surface area contributed by atoms with Gasteiger partial charge < -0.3 is 14.4 Å². The van der Waals surface area contributed by atoms with Crippen LogP contribution < -0.4 is 0 Å². The summed E-state index contributed by atoms with van der Waals surface area (Å²) in [6.07, 6.45) is 2.06. The Morgan fingerprint density at radius 1 is 1.53 bits per heavy atom. The molecule has 17 heavy (non-hydrogen) atoms. The Balaban J connectivity index is 2.71. The first kappa shape index (κ1) is 13.3. The summed E-state index contributed by atoms with van der Waals surface area (Å²) in [5.41, 5.74) is -0.00899. The molecule has 1 aromatic rings. The lowest BCUT2D eigenvalue weighted by Gasteiger charge is -2.19. The van der Waals surface area contributed by atoms with E-state index in [1.54, 1.807) is 11.9 Å². The lowest BCUT2D eigenvalue weighted by Crippen LogP contribution is -2.30.